The molecular weight excluding hydrogens is 328 g/mol. The van der Waals surface area contributed by atoms with Gasteiger partial charge in [-0.3, -0.25) is 4.79 Å². The molecule has 148 valence electrons. The van der Waals surface area contributed by atoms with Crippen molar-refractivity contribution >= 4 is 5.97 Å². The van der Waals surface area contributed by atoms with Crippen molar-refractivity contribution in [2.75, 3.05) is 0 Å². The normalized spacial score (nSPS) is 42.7. The molecule has 2 rings (SSSR count). The van der Waals surface area contributed by atoms with Crippen LogP contribution in [0, 0.1) is 22.7 Å². The molecule has 0 aromatic heterocycles. The van der Waals surface area contributed by atoms with Gasteiger partial charge in [0.15, 0.2) is 6.10 Å². The van der Waals surface area contributed by atoms with E-state index in [-0.39, 0.29) is 22.7 Å². The molecule has 0 heterocycles. The molecule has 0 bridgehead atoms. The van der Waals surface area contributed by atoms with Crippen LogP contribution >= 0.6 is 0 Å². The summed E-state index contributed by atoms with van der Waals surface area (Å²) in [5, 5.41) is 22.7. The SMILES string of the molecule is C=C/C(C)=C/C[C@H]1[C@](C)(O)[C@@H](OC(C)=O)[C@@H](O)[C@H]2C(C)(C)CCC[C@@]21C. The van der Waals surface area contributed by atoms with Crippen molar-refractivity contribution in [1.29, 1.82) is 0 Å². The lowest BCUT2D eigenvalue weighted by Gasteiger charge is -2.64. The summed E-state index contributed by atoms with van der Waals surface area (Å²) in [6.45, 7) is 15.4. The Balaban J connectivity index is 2.56. The number of aliphatic hydroxyl groups excluding tert-OH is 1. The van der Waals surface area contributed by atoms with Gasteiger partial charge in [0.25, 0.3) is 0 Å². The minimum absolute atomic E-state index is 0.0456. The van der Waals surface area contributed by atoms with Gasteiger partial charge in [-0.1, -0.05) is 51.5 Å². The minimum atomic E-state index is -1.30. The number of carbonyl (C=O) groups excluding carboxylic acids is 1. The van der Waals surface area contributed by atoms with E-state index in [9.17, 15) is 15.0 Å². The molecule has 6 atom stereocenters. The van der Waals surface area contributed by atoms with E-state index in [4.69, 9.17) is 4.74 Å². The Morgan fingerprint density at radius 2 is 1.85 bits per heavy atom. The van der Waals surface area contributed by atoms with Crippen LogP contribution in [0.4, 0.5) is 0 Å². The molecule has 0 aromatic carbocycles. The van der Waals surface area contributed by atoms with Gasteiger partial charge in [0, 0.05) is 12.8 Å². The number of allylic oxidation sites excluding steroid dienone is 3. The predicted octanol–water partition coefficient (Wildman–Crippen LogP) is 4.01. The predicted molar refractivity (Wildman–Crippen MR) is 103 cm³/mol. The van der Waals surface area contributed by atoms with Gasteiger partial charge in [-0.15, -0.1) is 0 Å². The van der Waals surface area contributed by atoms with Gasteiger partial charge in [-0.05, 0) is 49.9 Å². The number of carbonyl (C=O) groups is 1. The molecule has 4 nitrogen and oxygen atoms in total. The topological polar surface area (TPSA) is 66.8 Å². The number of hydrogen-bond donors (Lipinski definition) is 2. The Bertz CT molecular complexity index is 589. The van der Waals surface area contributed by atoms with Gasteiger partial charge in [-0.25, -0.2) is 0 Å². The van der Waals surface area contributed by atoms with E-state index in [2.05, 4.69) is 33.4 Å². The van der Waals surface area contributed by atoms with Crippen LogP contribution in [0.15, 0.2) is 24.3 Å². The summed E-state index contributed by atoms with van der Waals surface area (Å²) in [5.74, 6) is -0.638. The van der Waals surface area contributed by atoms with Gasteiger partial charge in [0.2, 0.25) is 0 Å². The zero-order valence-corrected chi connectivity index (χ0v) is 17.2. The van der Waals surface area contributed by atoms with Crippen molar-refractivity contribution in [2.45, 2.75) is 85.0 Å². The number of ether oxygens (including phenoxy) is 1. The molecule has 2 aliphatic rings. The lowest BCUT2D eigenvalue weighted by Crippen LogP contribution is -2.70. The van der Waals surface area contributed by atoms with Gasteiger partial charge >= 0.3 is 5.97 Å². The van der Waals surface area contributed by atoms with E-state index in [0.717, 1.165) is 24.8 Å². The van der Waals surface area contributed by atoms with Gasteiger partial charge in [-0.2, -0.15) is 0 Å². The lowest BCUT2D eigenvalue weighted by molar-refractivity contribution is -0.271. The average Bonchev–Trinajstić information content (AvgIpc) is 2.49. The lowest BCUT2D eigenvalue weighted by atomic mass is 9.43. The summed E-state index contributed by atoms with van der Waals surface area (Å²) < 4.78 is 5.49. The third kappa shape index (κ3) is 3.50. The molecule has 0 amide bonds. The fraction of sp³-hybridized carbons (Fsp3) is 0.773. The van der Waals surface area contributed by atoms with Crippen LogP contribution in [-0.4, -0.2) is 34.0 Å². The fourth-order valence-corrected chi connectivity index (χ4v) is 6.02. The van der Waals surface area contributed by atoms with E-state index in [1.54, 1.807) is 13.0 Å². The van der Waals surface area contributed by atoms with Crippen LogP contribution in [0.3, 0.4) is 0 Å². The Labute approximate surface area is 158 Å². The zero-order chi connectivity index (χ0) is 19.9. The third-order valence-electron chi connectivity index (χ3n) is 7.11. The van der Waals surface area contributed by atoms with Crippen molar-refractivity contribution in [3.05, 3.63) is 24.3 Å². The first-order valence-electron chi connectivity index (χ1n) is 9.75. The first kappa shape index (κ1) is 21.2. The molecule has 0 saturated heterocycles. The van der Waals surface area contributed by atoms with Gasteiger partial charge in [0.1, 0.15) is 5.60 Å². The van der Waals surface area contributed by atoms with Crippen LogP contribution in [0.5, 0.6) is 0 Å². The van der Waals surface area contributed by atoms with E-state index in [1.807, 2.05) is 6.92 Å². The molecule has 26 heavy (non-hydrogen) atoms. The minimum Gasteiger partial charge on any atom is -0.457 e. The molecule has 0 aliphatic heterocycles. The van der Waals surface area contributed by atoms with Crippen LogP contribution in [0.25, 0.3) is 0 Å². The maximum Gasteiger partial charge on any atom is 0.303 e. The molecule has 0 radical (unpaired) electrons. The fourth-order valence-electron chi connectivity index (χ4n) is 6.02. The highest BCUT2D eigenvalue weighted by atomic mass is 16.6. The number of aliphatic hydroxyl groups is 2. The van der Waals surface area contributed by atoms with Crippen LogP contribution in [0.2, 0.25) is 0 Å². The molecule has 0 unspecified atom stereocenters. The molecule has 4 heteroatoms. The number of esters is 1. The first-order valence-corrected chi connectivity index (χ1v) is 9.75. The van der Waals surface area contributed by atoms with Crippen molar-refractivity contribution < 1.29 is 19.7 Å². The van der Waals surface area contributed by atoms with Crippen molar-refractivity contribution in [2.24, 2.45) is 22.7 Å². The number of rotatable bonds is 4. The smallest absolute Gasteiger partial charge is 0.303 e. The maximum atomic E-state index is 11.7. The second kappa shape index (κ2) is 7.12. The maximum absolute atomic E-state index is 11.7. The molecule has 2 N–H and O–H groups in total. The quantitative estimate of drug-likeness (QED) is 0.584. The van der Waals surface area contributed by atoms with E-state index in [1.165, 1.54) is 6.92 Å². The highest BCUT2D eigenvalue weighted by molar-refractivity contribution is 5.66. The highest BCUT2D eigenvalue weighted by Crippen LogP contribution is 2.63. The second-order valence-electron chi connectivity index (χ2n) is 9.51. The summed E-state index contributed by atoms with van der Waals surface area (Å²) in [6.07, 6.45) is 5.81. The Morgan fingerprint density at radius 1 is 1.23 bits per heavy atom. The van der Waals surface area contributed by atoms with E-state index >= 15 is 0 Å². The molecular formula is C22H36O4. The van der Waals surface area contributed by atoms with Gasteiger partial charge in [0.05, 0.1) is 6.10 Å². The zero-order valence-electron chi connectivity index (χ0n) is 17.2. The van der Waals surface area contributed by atoms with E-state index < -0.39 is 23.8 Å². The summed E-state index contributed by atoms with van der Waals surface area (Å²) in [5.41, 5.74) is -0.566. The highest BCUT2D eigenvalue weighted by Gasteiger charge is 2.66. The molecule has 2 saturated carbocycles. The largest absolute Gasteiger partial charge is 0.457 e. The average molecular weight is 365 g/mol. The standard InChI is InChI=1S/C22H36O4/c1-8-14(2)10-11-16-21(6)13-9-12-20(4,5)18(21)17(24)19(22(16,7)25)26-15(3)23/h8,10,16-19,24-25H,1,9,11-13H2,2-7H3/b14-10+/t16-,17+,18+,19+,21-,22+/m1/s1. The van der Waals surface area contributed by atoms with Crippen LogP contribution in [0.1, 0.15) is 67.2 Å². The number of fused-ring (bicyclic) bond motifs is 1. The van der Waals surface area contributed by atoms with Crippen LogP contribution in [-0.2, 0) is 9.53 Å². The van der Waals surface area contributed by atoms with Gasteiger partial charge < -0.3 is 14.9 Å². The van der Waals surface area contributed by atoms with Crippen molar-refractivity contribution in [3.8, 4) is 0 Å². The third-order valence-corrected chi connectivity index (χ3v) is 7.11. The summed E-state index contributed by atoms with van der Waals surface area (Å²) in [6, 6.07) is 0. The Morgan fingerprint density at radius 3 is 2.38 bits per heavy atom. The van der Waals surface area contributed by atoms with Crippen molar-refractivity contribution in [1.82, 2.24) is 0 Å². The molecule has 0 aromatic rings. The first-order chi connectivity index (χ1) is 11.9. The summed E-state index contributed by atoms with van der Waals surface area (Å²) >= 11 is 0. The monoisotopic (exact) mass is 364 g/mol. The second-order valence-corrected chi connectivity index (χ2v) is 9.51. The van der Waals surface area contributed by atoms with E-state index in [0.29, 0.717) is 6.42 Å². The number of hydrogen-bond acceptors (Lipinski definition) is 4. The molecule has 2 aliphatic carbocycles. The molecule has 0 spiro atoms. The van der Waals surface area contributed by atoms with Crippen LogP contribution < -0.4 is 0 Å². The summed E-state index contributed by atoms with van der Waals surface area (Å²) in [4.78, 5) is 11.7. The Hall–Kier alpha value is -1.13. The van der Waals surface area contributed by atoms with Crippen molar-refractivity contribution in [3.63, 3.8) is 0 Å². The summed E-state index contributed by atoms with van der Waals surface area (Å²) in [7, 11) is 0. The Kier molecular flexibility index (Phi) is 5.80. The molecule has 2 fully saturated rings.